The van der Waals surface area contributed by atoms with E-state index < -0.39 is 16.2 Å². The number of aryl methyl sites for hydroxylation is 1. The first-order chi connectivity index (χ1) is 18.1. The van der Waals surface area contributed by atoms with E-state index in [-0.39, 0.29) is 30.5 Å². The minimum Gasteiger partial charge on any atom is -0.393 e. The van der Waals surface area contributed by atoms with E-state index in [0.29, 0.717) is 40.7 Å². The summed E-state index contributed by atoms with van der Waals surface area (Å²) < 4.78 is 33.7. The van der Waals surface area contributed by atoms with Crippen LogP contribution in [-0.4, -0.2) is 60.9 Å². The second-order valence-electron chi connectivity index (χ2n) is 9.71. The number of benzene rings is 1. The molecule has 0 spiro atoms. The number of fused-ring (bicyclic) bond motifs is 1. The van der Waals surface area contributed by atoms with Crippen molar-refractivity contribution in [1.82, 2.24) is 9.97 Å². The average molecular weight is 578 g/mol. The van der Waals surface area contributed by atoms with Gasteiger partial charge >= 0.3 is 0 Å². The Kier molecular flexibility index (Phi) is 7.86. The molecule has 3 heterocycles. The lowest BCUT2D eigenvalue weighted by Crippen LogP contribution is -2.21. The molecule has 38 heavy (non-hydrogen) atoms. The molecular weight excluding hydrogens is 550 g/mol. The minimum atomic E-state index is -3.60. The number of ketones is 1. The number of rotatable bonds is 8. The summed E-state index contributed by atoms with van der Waals surface area (Å²) in [5.41, 5.74) is 3.45. The van der Waals surface area contributed by atoms with Gasteiger partial charge in [0.1, 0.15) is 18.2 Å². The fraction of sp³-hybridized carbons (Fsp3) is 0.423. The van der Waals surface area contributed by atoms with Gasteiger partial charge in [0.25, 0.3) is 10.1 Å². The van der Waals surface area contributed by atoms with Gasteiger partial charge in [-0.3, -0.25) is 8.98 Å². The first-order valence-corrected chi connectivity index (χ1v) is 15.2. The molecule has 0 amide bonds. The number of aromatic nitrogens is 2. The standard InChI is InChI=1S/C26H28ClN3O6S2/c1-14-19(25-20-8-17(27)4-3-15(20)5-6-35-25)10-23(37-14)24(32)21-11-28-13-29-26(21)30-18-7-16(22(31)9-18)12-36-38(2,33)34/h3-4,8,10-11,13,16,18,22,25,31H,5-7,9,12H2,1-2H3,(H,28,29,30)/t16-,18-,22+,25+/m1/s1. The Labute approximate surface area is 230 Å². The number of hydrogen-bond donors (Lipinski definition) is 2. The number of carbonyl (C=O) groups excluding carboxylic acids is 1. The molecule has 2 aliphatic rings. The zero-order valence-electron chi connectivity index (χ0n) is 20.9. The quantitative estimate of drug-likeness (QED) is 0.302. The van der Waals surface area contributed by atoms with Crippen LogP contribution >= 0.6 is 22.9 Å². The topological polar surface area (TPSA) is 128 Å². The Morgan fingerprint density at radius 1 is 1.29 bits per heavy atom. The second-order valence-corrected chi connectivity index (χ2v) is 13.0. The van der Waals surface area contributed by atoms with Crippen LogP contribution < -0.4 is 5.32 Å². The number of carbonyl (C=O) groups is 1. The largest absolute Gasteiger partial charge is 0.393 e. The van der Waals surface area contributed by atoms with Gasteiger partial charge in [0, 0.05) is 28.1 Å². The van der Waals surface area contributed by atoms with Crippen LogP contribution in [0, 0.1) is 12.8 Å². The summed E-state index contributed by atoms with van der Waals surface area (Å²) in [4.78, 5) is 23.5. The van der Waals surface area contributed by atoms with Crippen LogP contribution in [-0.2, 0) is 25.5 Å². The Balaban J connectivity index is 1.35. The first kappa shape index (κ1) is 27.2. The first-order valence-electron chi connectivity index (χ1n) is 12.2. The lowest BCUT2D eigenvalue weighted by molar-refractivity contribution is 0.0697. The van der Waals surface area contributed by atoms with Crippen LogP contribution in [0.25, 0.3) is 0 Å². The van der Waals surface area contributed by atoms with E-state index in [9.17, 15) is 18.3 Å². The van der Waals surface area contributed by atoms with Gasteiger partial charge in [0.15, 0.2) is 0 Å². The molecule has 2 N–H and O–H groups in total. The van der Waals surface area contributed by atoms with Crippen LogP contribution in [0.15, 0.2) is 36.8 Å². The Morgan fingerprint density at radius 2 is 2.11 bits per heavy atom. The van der Waals surface area contributed by atoms with Gasteiger partial charge in [0.05, 0.1) is 36.0 Å². The van der Waals surface area contributed by atoms with E-state index in [2.05, 4.69) is 15.3 Å². The number of hydrogen-bond acceptors (Lipinski definition) is 10. The maximum Gasteiger partial charge on any atom is 0.264 e. The summed E-state index contributed by atoms with van der Waals surface area (Å²) in [7, 11) is -3.60. The van der Waals surface area contributed by atoms with Crippen LogP contribution in [0.1, 0.15) is 55.7 Å². The zero-order chi connectivity index (χ0) is 27.0. The van der Waals surface area contributed by atoms with Crippen LogP contribution in [0.4, 0.5) is 5.82 Å². The Bertz CT molecular complexity index is 1460. The fourth-order valence-corrected chi connectivity index (χ4v) is 6.69. The Hall–Kier alpha value is -2.41. The molecule has 9 nitrogen and oxygen atoms in total. The number of ether oxygens (including phenoxy) is 1. The van der Waals surface area contributed by atoms with Gasteiger partial charge in [0.2, 0.25) is 5.78 Å². The molecule has 1 saturated carbocycles. The normalized spacial score (nSPS) is 23.3. The van der Waals surface area contributed by atoms with E-state index in [1.807, 2.05) is 31.2 Å². The van der Waals surface area contributed by atoms with Crippen LogP contribution in [0.2, 0.25) is 5.02 Å². The van der Waals surface area contributed by atoms with Crippen LogP contribution in [0.3, 0.4) is 0 Å². The van der Waals surface area contributed by atoms with Gasteiger partial charge < -0.3 is 15.2 Å². The van der Waals surface area contributed by atoms with E-state index in [4.69, 9.17) is 20.5 Å². The molecule has 1 fully saturated rings. The maximum atomic E-state index is 13.6. The molecule has 0 unspecified atom stereocenters. The van der Waals surface area contributed by atoms with Crippen LogP contribution in [0.5, 0.6) is 0 Å². The molecule has 1 aromatic carbocycles. The van der Waals surface area contributed by atoms with Crippen molar-refractivity contribution in [3.8, 4) is 0 Å². The van der Waals surface area contributed by atoms with Gasteiger partial charge in [-0.25, -0.2) is 9.97 Å². The highest BCUT2D eigenvalue weighted by Crippen LogP contribution is 2.39. The molecule has 2 aromatic heterocycles. The van der Waals surface area contributed by atoms with Crippen molar-refractivity contribution in [3.05, 3.63) is 73.8 Å². The SMILES string of the molecule is Cc1sc(C(=O)c2cncnc2N[C@@H]2C[C@H](COS(C)(=O)=O)[C@@H](O)C2)cc1[C@@H]1OCCc2ccc(Cl)cc21. The molecule has 0 bridgehead atoms. The third-order valence-electron chi connectivity index (χ3n) is 6.96. The molecular formula is C26H28ClN3O6S2. The van der Waals surface area contributed by atoms with E-state index in [1.165, 1.54) is 29.4 Å². The summed E-state index contributed by atoms with van der Waals surface area (Å²) in [6.45, 7) is 2.46. The minimum absolute atomic E-state index is 0.0947. The summed E-state index contributed by atoms with van der Waals surface area (Å²) >= 11 is 7.66. The van der Waals surface area contributed by atoms with Crippen molar-refractivity contribution in [1.29, 1.82) is 0 Å². The fourth-order valence-electron chi connectivity index (χ4n) is 5.09. The van der Waals surface area contributed by atoms with Gasteiger partial charge in [-0.05, 0) is 61.1 Å². The zero-order valence-corrected chi connectivity index (χ0v) is 23.3. The molecule has 1 aliphatic heterocycles. The molecule has 202 valence electrons. The number of aliphatic hydroxyl groups is 1. The number of halogens is 1. The highest BCUT2D eigenvalue weighted by molar-refractivity contribution is 7.85. The van der Waals surface area contributed by atoms with Gasteiger partial charge in [-0.15, -0.1) is 11.3 Å². The second kappa shape index (κ2) is 11.0. The average Bonchev–Trinajstić information content (AvgIpc) is 3.43. The molecule has 0 radical (unpaired) electrons. The van der Waals surface area contributed by atoms with E-state index in [0.717, 1.165) is 28.7 Å². The van der Waals surface area contributed by atoms with Crippen molar-refractivity contribution in [2.45, 2.75) is 44.4 Å². The molecule has 1 aliphatic carbocycles. The number of nitrogens with zero attached hydrogens (tertiary/aromatic N) is 2. The van der Waals surface area contributed by atoms with Crippen molar-refractivity contribution in [2.24, 2.45) is 5.92 Å². The van der Waals surface area contributed by atoms with E-state index in [1.54, 1.807) is 0 Å². The molecule has 12 heteroatoms. The molecule has 5 rings (SSSR count). The number of aliphatic hydroxyl groups excluding tert-OH is 1. The van der Waals surface area contributed by atoms with E-state index >= 15 is 0 Å². The molecule has 3 aromatic rings. The van der Waals surface area contributed by atoms with Gasteiger partial charge in [-0.1, -0.05) is 17.7 Å². The van der Waals surface area contributed by atoms with Crippen molar-refractivity contribution >= 4 is 44.7 Å². The number of anilines is 1. The third-order valence-corrected chi connectivity index (χ3v) is 8.82. The highest BCUT2D eigenvalue weighted by atomic mass is 35.5. The predicted molar refractivity (Wildman–Crippen MR) is 144 cm³/mol. The summed E-state index contributed by atoms with van der Waals surface area (Å²) in [5.74, 6) is -0.201. The summed E-state index contributed by atoms with van der Waals surface area (Å²) in [6.07, 6.45) is 4.44. The monoisotopic (exact) mass is 577 g/mol. The van der Waals surface area contributed by atoms with Gasteiger partial charge in [-0.2, -0.15) is 8.42 Å². The Morgan fingerprint density at radius 3 is 2.89 bits per heavy atom. The van der Waals surface area contributed by atoms with Crippen molar-refractivity contribution < 1.29 is 27.2 Å². The lowest BCUT2D eigenvalue weighted by Gasteiger charge is -2.26. The number of thiophene rings is 1. The third kappa shape index (κ3) is 5.93. The number of nitrogens with one attached hydrogen (secondary N) is 1. The van der Waals surface area contributed by atoms with Crippen molar-refractivity contribution in [2.75, 3.05) is 24.8 Å². The molecule has 0 saturated heterocycles. The lowest BCUT2D eigenvalue weighted by atomic mass is 9.93. The van der Waals surface area contributed by atoms with Crippen molar-refractivity contribution in [3.63, 3.8) is 0 Å². The summed E-state index contributed by atoms with van der Waals surface area (Å²) in [5, 5.41) is 14.3. The molecule has 4 atom stereocenters. The predicted octanol–water partition coefficient (Wildman–Crippen LogP) is 3.92. The maximum absolute atomic E-state index is 13.6. The smallest absolute Gasteiger partial charge is 0.264 e. The highest BCUT2D eigenvalue weighted by Gasteiger charge is 2.35. The summed E-state index contributed by atoms with van der Waals surface area (Å²) in [6, 6.07) is 7.50.